The molecule has 0 atom stereocenters. The van der Waals surface area contributed by atoms with Crippen LogP contribution in [0.15, 0.2) is 33.4 Å². The molecule has 0 heterocycles. The van der Waals surface area contributed by atoms with E-state index in [1.807, 2.05) is 0 Å². The third-order valence-corrected chi connectivity index (χ3v) is 5.12. The minimum atomic E-state index is 0. The van der Waals surface area contributed by atoms with Gasteiger partial charge in [0.1, 0.15) is 0 Å². The monoisotopic (exact) mass is 334 g/mol. The van der Waals surface area contributed by atoms with Crippen LogP contribution >= 0.6 is 0 Å². The summed E-state index contributed by atoms with van der Waals surface area (Å²) in [4.78, 5) is 0. The molecular formula is C21H34Ti-. The maximum atomic E-state index is 3.44. The van der Waals surface area contributed by atoms with Gasteiger partial charge in [0.05, 0.1) is 0 Å². The molecule has 0 amide bonds. The summed E-state index contributed by atoms with van der Waals surface area (Å²) in [6.45, 7) is 21.8. The normalized spacial score (nSPS) is 21.4. The van der Waals surface area contributed by atoms with E-state index < -0.39 is 0 Å². The van der Waals surface area contributed by atoms with Gasteiger partial charge in [-0.2, -0.15) is 22.3 Å². The Labute approximate surface area is 156 Å². The third kappa shape index (κ3) is 4.83. The Morgan fingerprint density at radius 1 is 0.636 bits per heavy atom. The van der Waals surface area contributed by atoms with Crippen molar-refractivity contribution < 1.29 is 23.1 Å². The molecule has 0 spiro atoms. The summed E-state index contributed by atoms with van der Waals surface area (Å²) in [6.07, 6.45) is 6.87. The molecule has 0 aromatic rings. The minimum absolute atomic E-state index is 0. The fraction of sp³-hybridized carbons (Fsp3) is 0.571. The van der Waals surface area contributed by atoms with Crippen molar-refractivity contribution in [1.82, 2.24) is 0 Å². The van der Waals surface area contributed by atoms with Crippen LogP contribution < -0.4 is 0 Å². The average Bonchev–Trinajstić information content (AvgIpc) is 2.60. The van der Waals surface area contributed by atoms with Crippen LogP contribution in [-0.4, -0.2) is 0 Å². The summed E-state index contributed by atoms with van der Waals surface area (Å²) in [7, 11) is 0. The van der Waals surface area contributed by atoms with Gasteiger partial charge in [-0.15, -0.1) is 13.8 Å². The second-order valence-corrected chi connectivity index (χ2v) is 7.25. The first-order chi connectivity index (χ1) is 8.90. The SMILES string of the molecule is CC1=[C-]C(C)(C)C(C)=C1C.CC1=[C-]C(C)(C)C(C)=C1C.[CH3-].[H-].[Ti+3]. The standard InChI is InChI=1S/2C10H15.CH3.Ti.H/c2*1-7-6-10(4,5)9(3)8(7)2;;;/h2*1-5H3;1H3;;/q3*-1;+3;-1. The molecular weight excluding hydrogens is 300 g/mol. The summed E-state index contributed by atoms with van der Waals surface area (Å²) in [5.41, 5.74) is 8.79. The van der Waals surface area contributed by atoms with Crippen molar-refractivity contribution in [3.05, 3.63) is 53.0 Å². The Kier molecular flexibility index (Phi) is 8.68. The second-order valence-electron chi connectivity index (χ2n) is 7.25. The molecule has 0 bridgehead atoms. The predicted molar refractivity (Wildman–Crippen MR) is 96.7 cm³/mol. The first-order valence-corrected chi connectivity index (χ1v) is 7.50. The number of hydrogen-bond donors (Lipinski definition) is 0. The van der Waals surface area contributed by atoms with Gasteiger partial charge in [-0.1, -0.05) is 66.2 Å². The zero-order chi connectivity index (χ0) is 15.9. The Balaban J connectivity index is -0.000000308. The molecule has 22 heavy (non-hydrogen) atoms. The van der Waals surface area contributed by atoms with Gasteiger partial charge in [-0.25, -0.2) is 11.1 Å². The zero-order valence-corrected chi connectivity index (χ0v) is 18.1. The molecule has 2 rings (SSSR count). The van der Waals surface area contributed by atoms with E-state index in [9.17, 15) is 0 Å². The summed E-state index contributed by atoms with van der Waals surface area (Å²) < 4.78 is 0. The quantitative estimate of drug-likeness (QED) is 0.338. The van der Waals surface area contributed by atoms with Crippen LogP contribution in [0.25, 0.3) is 0 Å². The molecule has 0 unspecified atom stereocenters. The van der Waals surface area contributed by atoms with E-state index in [4.69, 9.17) is 0 Å². The molecule has 0 aromatic heterocycles. The maximum Gasteiger partial charge on any atom is 3.00 e. The summed E-state index contributed by atoms with van der Waals surface area (Å²) >= 11 is 0. The van der Waals surface area contributed by atoms with Crippen LogP contribution in [0.5, 0.6) is 0 Å². The molecule has 0 fully saturated rings. The van der Waals surface area contributed by atoms with Crippen LogP contribution in [0.4, 0.5) is 0 Å². The topological polar surface area (TPSA) is 0 Å². The average molecular weight is 334 g/mol. The Hall–Kier alpha value is -0.326. The molecule has 0 aliphatic heterocycles. The van der Waals surface area contributed by atoms with Gasteiger partial charge in [-0.05, 0) is 0 Å². The van der Waals surface area contributed by atoms with E-state index in [-0.39, 0.29) is 41.4 Å². The van der Waals surface area contributed by atoms with Gasteiger partial charge in [0, 0.05) is 0 Å². The summed E-state index contributed by atoms with van der Waals surface area (Å²) in [5.74, 6) is 0. The number of rotatable bonds is 0. The van der Waals surface area contributed by atoms with Gasteiger partial charge in [-0.3, -0.25) is 12.2 Å². The molecule has 2 aliphatic rings. The fourth-order valence-corrected chi connectivity index (χ4v) is 2.81. The molecule has 0 N–H and O–H groups in total. The molecule has 2 aliphatic carbocycles. The summed E-state index contributed by atoms with van der Waals surface area (Å²) in [6, 6.07) is 0. The van der Waals surface area contributed by atoms with Crippen LogP contribution in [0.2, 0.25) is 0 Å². The van der Waals surface area contributed by atoms with Crippen LogP contribution in [0.3, 0.4) is 0 Å². The smallest absolute Gasteiger partial charge is 1.00 e. The first-order valence-electron chi connectivity index (χ1n) is 7.50. The van der Waals surface area contributed by atoms with Gasteiger partial charge in [0.25, 0.3) is 0 Å². The van der Waals surface area contributed by atoms with Crippen LogP contribution in [-0.2, 0) is 21.7 Å². The summed E-state index contributed by atoms with van der Waals surface area (Å²) in [5, 5.41) is 0. The molecule has 0 nitrogen and oxygen atoms in total. The van der Waals surface area contributed by atoms with E-state index in [0.717, 1.165) is 0 Å². The van der Waals surface area contributed by atoms with Crippen LogP contribution in [0, 0.1) is 30.4 Å². The van der Waals surface area contributed by atoms with Crippen molar-refractivity contribution in [2.24, 2.45) is 10.8 Å². The number of allylic oxidation sites excluding steroid dienone is 8. The predicted octanol–water partition coefficient (Wildman–Crippen LogP) is 6.78. The fourth-order valence-electron chi connectivity index (χ4n) is 2.81. The molecule has 1 radical (unpaired) electrons. The van der Waals surface area contributed by atoms with E-state index in [2.05, 4.69) is 81.4 Å². The Morgan fingerprint density at radius 3 is 0.909 bits per heavy atom. The molecule has 0 saturated carbocycles. The van der Waals surface area contributed by atoms with Gasteiger partial charge < -0.3 is 8.85 Å². The van der Waals surface area contributed by atoms with Crippen LogP contribution in [0.1, 0.15) is 70.7 Å². The maximum absolute atomic E-state index is 3.44. The second kappa shape index (κ2) is 7.98. The van der Waals surface area contributed by atoms with Crippen molar-refractivity contribution >= 4 is 0 Å². The molecule has 123 valence electrons. The van der Waals surface area contributed by atoms with Crippen molar-refractivity contribution in [3.63, 3.8) is 0 Å². The third-order valence-electron chi connectivity index (χ3n) is 5.12. The van der Waals surface area contributed by atoms with Crippen molar-refractivity contribution in [2.45, 2.75) is 69.2 Å². The zero-order valence-electron chi connectivity index (χ0n) is 17.5. The minimum Gasteiger partial charge on any atom is -1.00 e. The van der Waals surface area contributed by atoms with Crippen molar-refractivity contribution in [3.8, 4) is 0 Å². The molecule has 1 heteroatoms. The Bertz CT molecular complexity index is 490. The number of hydrogen-bond acceptors (Lipinski definition) is 0. The molecule has 0 saturated heterocycles. The van der Waals surface area contributed by atoms with E-state index in [1.54, 1.807) is 0 Å². The van der Waals surface area contributed by atoms with Crippen molar-refractivity contribution in [1.29, 1.82) is 0 Å². The van der Waals surface area contributed by atoms with E-state index >= 15 is 0 Å². The molecule has 0 aromatic carbocycles. The van der Waals surface area contributed by atoms with Gasteiger partial charge in [0.15, 0.2) is 0 Å². The van der Waals surface area contributed by atoms with Gasteiger partial charge in [0.2, 0.25) is 0 Å². The first kappa shape index (κ1) is 23.9. The van der Waals surface area contributed by atoms with E-state index in [0.29, 0.717) is 0 Å². The van der Waals surface area contributed by atoms with E-state index in [1.165, 1.54) is 33.4 Å². The largest absolute Gasteiger partial charge is 3.00 e. The van der Waals surface area contributed by atoms with Crippen molar-refractivity contribution in [2.75, 3.05) is 0 Å². The van der Waals surface area contributed by atoms with Gasteiger partial charge >= 0.3 is 21.7 Å². The Morgan fingerprint density at radius 2 is 0.864 bits per heavy atom.